The quantitative estimate of drug-likeness (QED) is 0.573. The first-order chi connectivity index (χ1) is 11.5. The minimum Gasteiger partial charge on any atom is -0.490 e. The zero-order valence-corrected chi connectivity index (χ0v) is 13.0. The summed E-state index contributed by atoms with van der Waals surface area (Å²) in [4.78, 5) is 26.7. The minimum absolute atomic E-state index is 0.0117. The van der Waals surface area contributed by atoms with Crippen LogP contribution in [0.5, 0.6) is 5.75 Å². The Kier molecular flexibility index (Phi) is 4.00. The summed E-state index contributed by atoms with van der Waals surface area (Å²) in [6.07, 6.45) is 1.55. The molecule has 0 aliphatic carbocycles. The molecular weight excluding hydrogens is 338 g/mol. The van der Waals surface area contributed by atoms with E-state index in [4.69, 9.17) is 16.3 Å². The van der Waals surface area contributed by atoms with E-state index in [2.05, 4.69) is 15.4 Å². The molecule has 0 aliphatic rings. The number of ether oxygens (including phenoxy) is 1. The van der Waals surface area contributed by atoms with E-state index < -0.39 is 10.8 Å². The molecule has 0 aliphatic heterocycles. The average Bonchev–Trinajstić information content (AvgIpc) is 2.95. The number of pyridine rings is 1. The molecule has 3 rings (SSSR count). The fourth-order valence-electron chi connectivity index (χ4n) is 2.05. The Morgan fingerprint density at radius 2 is 2.17 bits per heavy atom. The molecule has 0 radical (unpaired) electrons. The number of rotatable bonds is 4. The highest BCUT2D eigenvalue weighted by molar-refractivity contribution is 6.30. The topological polar surface area (TPSA) is 112 Å². The maximum absolute atomic E-state index is 12.3. The highest BCUT2D eigenvalue weighted by Crippen LogP contribution is 2.27. The molecule has 1 N–H and O–H groups in total. The van der Waals surface area contributed by atoms with Crippen molar-refractivity contribution in [2.75, 3.05) is 12.4 Å². The van der Waals surface area contributed by atoms with E-state index in [0.29, 0.717) is 10.7 Å². The Labute approximate surface area is 140 Å². The van der Waals surface area contributed by atoms with Gasteiger partial charge in [0.15, 0.2) is 11.4 Å². The maximum Gasteiger partial charge on any atom is 0.310 e. The lowest BCUT2D eigenvalue weighted by Gasteiger charge is -2.04. The van der Waals surface area contributed by atoms with Crippen LogP contribution in [0.2, 0.25) is 5.02 Å². The second kappa shape index (κ2) is 6.13. The zero-order chi connectivity index (χ0) is 17.3. The van der Waals surface area contributed by atoms with E-state index in [0.717, 1.165) is 0 Å². The molecule has 9 nitrogen and oxygen atoms in total. The Balaban J connectivity index is 1.87. The van der Waals surface area contributed by atoms with Gasteiger partial charge < -0.3 is 4.74 Å². The fourth-order valence-corrected chi connectivity index (χ4v) is 2.21. The summed E-state index contributed by atoms with van der Waals surface area (Å²) in [6.45, 7) is 0. The van der Waals surface area contributed by atoms with Crippen molar-refractivity contribution in [2.24, 2.45) is 0 Å². The number of anilines is 1. The van der Waals surface area contributed by atoms with Crippen molar-refractivity contribution in [2.45, 2.75) is 0 Å². The fraction of sp³-hybridized carbons (Fsp3) is 0.0714. The number of methoxy groups -OCH3 is 1. The predicted octanol–water partition coefficient (Wildman–Crippen LogP) is 2.55. The van der Waals surface area contributed by atoms with E-state index in [9.17, 15) is 14.9 Å². The van der Waals surface area contributed by atoms with Gasteiger partial charge in [0.1, 0.15) is 0 Å². The van der Waals surface area contributed by atoms with Crippen LogP contribution in [0.25, 0.3) is 5.65 Å². The number of carbonyl (C=O) groups excluding carboxylic acids is 1. The second-order valence-corrected chi connectivity index (χ2v) is 5.12. The Bertz CT molecular complexity index is 955. The molecule has 0 bridgehead atoms. The monoisotopic (exact) mass is 347 g/mol. The standard InChI is InChI=1S/C14H10ClN5O4/c1-24-11-6-8(2-4-10(11)20(22)23)13(21)17-14-16-12-5-3-9(15)7-19(12)18-14/h2-7H,1H3,(H,17,18,21). The van der Waals surface area contributed by atoms with Gasteiger partial charge in [0.05, 0.1) is 17.1 Å². The normalized spacial score (nSPS) is 10.6. The molecule has 0 saturated carbocycles. The molecule has 0 unspecified atom stereocenters. The van der Waals surface area contributed by atoms with E-state index in [1.54, 1.807) is 18.3 Å². The van der Waals surface area contributed by atoms with Crippen LogP contribution in [0.4, 0.5) is 11.6 Å². The number of hydrogen-bond donors (Lipinski definition) is 1. The molecule has 2 heterocycles. The number of fused-ring (bicyclic) bond motifs is 1. The van der Waals surface area contributed by atoms with Gasteiger partial charge in [-0.3, -0.25) is 20.2 Å². The molecule has 3 aromatic rings. The summed E-state index contributed by atoms with van der Waals surface area (Å²) in [6, 6.07) is 7.10. The SMILES string of the molecule is COc1cc(C(=O)Nc2nc3ccc(Cl)cn3n2)ccc1[N+](=O)[O-]. The summed E-state index contributed by atoms with van der Waals surface area (Å²) in [5.41, 5.74) is 0.458. The second-order valence-electron chi connectivity index (χ2n) is 4.68. The molecule has 1 aromatic carbocycles. The lowest BCUT2D eigenvalue weighted by atomic mass is 10.2. The Morgan fingerprint density at radius 1 is 1.38 bits per heavy atom. The van der Waals surface area contributed by atoms with Gasteiger partial charge in [-0.25, -0.2) is 4.52 Å². The van der Waals surface area contributed by atoms with Crippen molar-refractivity contribution < 1.29 is 14.5 Å². The number of aromatic nitrogens is 3. The van der Waals surface area contributed by atoms with Gasteiger partial charge in [0.2, 0.25) is 5.95 Å². The van der Waals surface area contributed by atoms with Gasteiger partial charge in [-0.15, -0.1) is 5.10 Å². The first-order valence-corrected chi connectivity index (χ1v) is 7.01. The third kappa shape index (κ3) is 2.97. The number of nitro benzene ring substituents is 1. The van der Waals surface area contributed by atoms with Crippen LogP contribution in [0.1, 0.15) is 10.4 Å². The highest BCUT2D eigenvalue weighted by atomic mass is 35.5. The van der Waals surface area contributed by atoms with Crippen molar-refractivity contribution in [3.63, 3.8) is 0 Å². The summed E-state index contributed by atoms with van der Waals surface area (Å²) in [5.74, 6) is -0.452. The summed E-state index contributed by atoms with van der Waals surface area (Å²) in [7, 11) is 1.29. The highest BCUT2D eigenvalue weighted by Gasteiger charge is 2.18. The lowest BCUT2D eigenvalue weighted by molar-refractivity contribution is -0.385. The van der Waals surface area contributed by atoms with Crippen LogP contribution in [-0.2, 0) is 0 Å². The van der Waals surface area contributed by atoms with Crippen LogP contribution >= 0.6 is 11.6 Å². The number of benzene rings is 1. The number of nitrogens with zero attached hydrogens (tertiary/aromatic N) is 4. The summed E-state index contributed by atoms with van der Waals surface area (Å²) in [5, 5.41) is 17.9. The number of carbonyl (C=O) groups is 1. The zero-order valence-electron chi connectivity index (χ0n) is 12.3. The number of hydrogen-bond acceptors (Lipinski definition) is 6. The number of halogens is 1. The number of nitro groups is 1. The minimum atomic E-state index is -0.589. The van der Waals surface area contributed by atoms with Crippen molar-refractivity contribution >= 4 is 34.8 Å². The van der Waals surface area contributed by atoms with E-state index in [-0.39, 0.29) is 22.9 Å². The summed E-state index contributed by atoms with van der Waals surface area (Å²) >= 11 is 5.86. The molecule has 0 spiro atoms. The molecule has 0 saturated heterocycles. The van der Waals surface area contributed by atoms with Gasteiger partial charge >= 0.3 is 5.69 Å². The Hall–Kier alpha value is -3.20. The van der Waals surface area contributed by atoms with Crippen LogP contribution in [0, 0.1) is 10.1 Å². The van der Waals surface area contributed by atoms with Crippen molar-refractivity contribution in [3.05, 3.63) is 57.2 Å². The molecule has 0 fully saturated rings. The van der Waals surface area contributed by atoms with E-state index >= 15 is 0 Å². The summed E-state index contributed by atoms with van der Waals surface area (Å²) < 4.78 is 6.36. The largest absolute Gasteiger partial charge is 0.490 e. The van der Waals surface area contributed by atoms with Crippen molar-refractivity contribution in [1.29, 1.82) is 0 Å². The van der Waals surface area contributed by atoms with Gasteiger partial charge in [0.25, 0.3) is 5.91 Å². The van der Waals surface area contributed by atoms with Gasteiger partial charge in [-0.05, 0) is 18.2 Å². The van der Waals surface area contributed by atoms with Crippen LogP contribution in [0.15, 0.2) is 36.5 Å². The number of amides is 1. The predicted molar refractivity (Wildman–Crippen MR) is 85.6 cm³/mol. The molecule has 1 amide bonds. The molecule has 10 heteroatoms. The third-order valence-corrected chi connectivity index (χ3v) is 3.38. The molecule has 0 atom stereocenters. The van der Waals surface area contributed by atoms with E-state index in [1.807, 2.05) is 0 Å². The Morgan fingerprint density at radius 3 is 2.88 bits per heavy atom. The van der Waals surface area contributed by atoms with Crippen LogP contribution in [0.3, 0.4) is 0 Å². The number of nitrogens with one attached hydrogen (secondary N) is 1. The average molecular weight is 348 g/mol. The molecular formula is C14H10ClN5O4. The maximum atomic E-state index is 12.3. The molecule has 2 aromatic heterocycles. The molecule has 122 valence electrons. The molecule has 24 heavy (non-hydrogen) atoms. The first kappa shape index (κ1) is 15.7. The van der Waals surface area contributed by atoms with E-state index in [1.165, 1.54) is 29.8 Å². The van der Waals surface area contributed by atoms with Gasteiger partial charge in [-0.2, -0.15) is 4.98 Å². The lowest BCUT2D eigenvalue weighted by Crippen LogP contribution is -2.13. The van der Waals surface area contributed by atoms with Crippen LogP contribution < -0.4 is 10.1 Å². The van der Waals surface area contributed by atoms with Crippen molar-refractivity contribution in [3.8, 4) is 5.75 Å². The first-order valence-electron chi connectivity index (χ1n) is 6.63. The van der Waals surface area contributed by atoms with Crippen LogP contribution in [-0.4, -0.2) is 32.5 Å². The van der Waals surface area contributed by atoms with Gasteiger partial charge in [-0.1, -0.05) is 11.6 Å². The van der Waals surface area contributed by atoms with Gasteiger partial charge in [0, 0.05) is 23.9 Å². The van der Waals surface area contributed by atoms with Crippen molar-refractivity contribution in [1.82, 2.24) is 14.6 Å². The smallest absolute Gasteiger partial charge is 0.310 e. The third-order valence-electron chi connectivity index (χ3n) is 3.16.